The molecule has 0 bridgehead atoms. The number of aromatic nitrogens is 3. The van der Waals surface area contributed by atoms with Gasteiger partial charge in [-0.15, -0.1) is 0 Å². The number of nitrogens with zero attached hydrogens (tertiary/aromatic N) is 4. The molecule has 1 unspecified atom stereocenters. The highest BCUT2D eigenvalue weighted by Gasteiger charge is 2.46. The predicted octanol–water partition coefficient (Wildman–Crippen LogP) is 3.99. The molecule has 2 fully saturated rings. The number of hydrogen-bond acceptors (Lipinski definition) is 5. The van der Waals surface area contributed by atoms with Gasteiger partial charge in [-0.2, -0.15) is 18.3 Å². The summed E-state index contributed by atoms with van der Waals surface area (Å²) in [6.45, 7) is -0.863. The van der Waals surface area contributed by atoms with Crippen LogP contribution in [0.15, 0.2) is 24.5 Å². The van der Waals surface area contributed by atoms with Crippen molar-refractivity contribution in [2.24, 2.45) is 5.92 Å². The fourth-order valence-electron chi connectivity index (χ4n) is 5.14. The largest absolute Gasteiger partial charge is 0.418 e. The lowest BCUT2D eigenvalue weighted by atomic mass is 10.0. The summed E-state index contributed by atoms with van der Waals surface area (Å²) < 4.78 is 113. The van der Waals surface area contributed by atoms with Crippen LogP contribution in [0.1, 0.15) is 35.2 Å². The number of fused-ring (bicyclic) bond motifs is 1. The Bertz CT molecular complexity index is 1510. The first-order valence-corrected chi connectivity index (χ1v) is 12.0. The van der Waals surface area contributed by atoms with Gasteiger partial charge in [-0.25, -0.2) is 31.5 Å². The number of rotatable bonds is 4. The first kappa shape index (κ1) is 27.6. The number of alkyl halides is 6. The van der Waals surface area contributed by atoms with Gasteiger partial charge >= 0.3 is 6.18 Å². The van der Waals surface area contributed by atoms with Crippen LogP contribution >= 0.6 is 0 Å². The van der Waals surface area contributed by atoms with Gasteiger partial charge in [0.15, 0.2) is 5.82 Å². The highest BCUT2D eigenvalue weighted by molar-refractivity contribution is 5.96. The summed E-state index contributed by atoms with van der Waals surface area (Å²) in [5.41, 5.74) is 1.62. The molecule has 1 aromatic carbocycles. The molecule has 5 rings (SSSR count). The Balaban J connectivity index is 1.41. The van der Waals surface area contributed by atoms with Crippen molar-refractivity contribution in [2.45, 2.75) is 43.6 Å². The number of nitrogens with one attached hydrogen (secondary N) is 1. The molecule has 40 heavy (non-hydrogen) atoms. The molecule has 0 spiro atoms. The SMILES string of the molecule is Nc1ncnn2c(-c3cc(C(=O)N[C@@H]4CN(C(=O)C5CCC(F)(F)C5)C[C@@H]4F)c(F)cc3F)cc(C(F)(F)F)c12. The summed E-state index contributed by atoms with van der Waals surface area (Å²) in [5, 5.41) is 5.88. The van der Waals surface area contributed by atoms with Gasteiger partial charge in [0.2, 0.25) is 11.8 Å². The molecule has 214 valence electrons. The van der Waals surface area contributed by atoms with Gasteiger partial charge in [-0.1, -0.05) is 0 Å². The third-order valence-electron chi connectivity index (χ3n) is 7.09. The zero-order valence-corrected chi connectivity index (χ0v) is 20.3. The number of anilines is 1. The van der Waals surface area contributed by atoms with Crippen molar-refractivity contribution in [3.63, 3.8) is 0 Å². The molecule has 3 atom stereocenters. The zero-order valence-electron chi connectivity index (χ0n) is 20.3. The van der Waals surface area contributed by atoms with Crippen molar-refractivity contribution in [1.82, 2.24) is 24.8 Å². The first-order valence-electron chi connectivity index (χ1n) is 12.0. The molecule has 3 aromatic rings. The number of benzene rings is 1. The summed E-state index contributed by atoms with van der Waals surface area (Å²) >= 11 is 0. The van der Waals surface area contributed by atoms with Crippen LogP contribution in [0, 0.1) is 17.6 Å². The minimum atomic E-state index is -4.95. The Morgan fingerprint density at radius 2 is 1.82 bits per heavy atom. The van der Waals surface area contributed by atoms with Crippen LogP contribution in [0.25, 0.3) is 16.8 Å². The van der Waals surface area contributed by atoms with Crippen LogP contribution < -0.4 is 11.1 Å². The molecular weight excluding hydrogens is 556 g/mol. The van der Waals surface area contributed by atoms with Crippen LogP contribution in [0.3, 0.4) is 0 Å². The lowest BCUT2D eigenvalue weighted by molar-refractivity contribution is -0.136. The summed E-state index contributed by atoms with van der Waals surface area (Å²) in [7, 11) is 0. The summed E-state index contributed by atoms with van der Waals surface area (Å²) in [4.78, 5) is 30.0. The minimum absolute atomic E-state index is 0.0685. The number of carbonyl (C=O) groups excluding carboxylic acids is 2. The van der Waals surface area contributed by atoms with E-state index in [1.165, 1.54) is 0 Å². The van der Waals surface area contributed by atoms with E-state index < -0.39 is 107 Å². The van der Waals surface area contributed by atoms with E-state index in [1.54, 1.807) is 0 Å². The van der Waals surface area contributed by atoms with Crippen molar-refractivity contribution in [3.05, 3.63) is 47.3 Å². The van der Waals surface area contributed by atoms with E-state index in [2.05, 4.69) is 15.4 Å². The Hall–Kier alpha value is -3.98. The number of carbonyl (C=O) groups is 2. The van der Waals surface area contributed by atoms with Gasteiger partial charge in [0.1, 0.15) is 29.7 Å². The highest BCUT2D eigenvalue weighted by atomic mass is 19.4. The second-order valence-electron chi connectivity index (χ2n) is 9.79. The predicted molar refractivity (Wildman–Crippen MR) is 123 cm³/mol. The van der Waals surface area contributed by atoms with E-state index in [0.29, 0.717) is 16.6 Å². The monoisotopic (exact) mass is 576 g/mol. The highest BCUT2D eigenvalue weighted by Crippen LogP contribution is 2.41. The standard InChI is InChI=1S/C24H20F8N6O2/c25-14-5-15(26)12(3-11(14)18-4-13(24(30,31)32)19-20(33)34-9-35-38(18)19)21(39)36-17-8-37(7-16(17)27)22(40)10-1-2-23(28,29)6-10/h3-5,9-10,16-17H,1-2,6-8H2,(H,36,39)(H2,33,34,35)/t10?,16-,17+/m0/s1. The molecule has 2 amide bonds. The maximum absolute atomic E-state index is 14.8. The lowest BCUT2D eigenvalue weighted by Crippen LogP contribution is -2.42. The first-order chi connectivity index (χ1) is 18.7. The molecule has 0 radical (unpaired) electrons. The van der Waals surface area contributed by atoms with Crippen molar-refractivity contribution in [3.8, 4) is 11.3 Å². The van der Waals surface area contributed by atoms with Crippen molar-refractivity contribution < 1.29 is 44.7 Å². The normalized spacial score (nSPS) is 22.7. The summed E-state index contributed by atoms with van der Waals surface area (Å²) in [6, 6.07) is 0.0957. The fourth-order valence-corrected chi connectivity index (χ4v) is 5.14. The Labute approximate surface area is 220 Å². The van der Waals surface area contributed by atoms with E-state index in [9.17, 15) is 44.7 Å². The van der Waals surface area contributed by atoms with E-state index in [1.807, 2.05) is 0 Å². The molecule has 2 aliphatic rings. The Morgan fingerprint density at radius 1 is 1.10 bits per heavy atom. The molecule has 3 heterocycles. The van der Waals surface area contributed by atoms with E-state index in [4.69, 9.17) is 5.73 Å². The van der Waals surface area contributed by atoms with E-state index in [0.717, 1.165) is 11.2 Å². The van der Waals surface area contributed by atoms with Crippen molar-refractivity contribution in [2.75, 3.05) is 18.8 Å². The third kappa shape index (κ3) is 4.90. The van der Waals surface area contributed by atoms with Gasteiger partial charge in [0.05, 0.1) is 29.4 Å². The smallest absolute Gasteiger partial charge is 0.382 e. The van der Waals surface area contributed by atoms with Crippen LogP contribution in [0.5, 0.6) is 0 Å². The molecule has 16 heteroatoms. The average molecular weight is 576 g/mol. The maximum Gasteiger partial charge on any atom is 0.418 e. The summed E-state index contributed by atoms with van der Waals surface area (Å²) in [5.74, 6) is -9.19. The summed E-state index contributed by atoms with van der Waals surface area (Å²) in [6.07, 6.45) is -7.15. The number of amides is 2. The van der Waals surface area contributed by atoms with Gasteiger partial charge < -0.3 is 16.0 Å². The topological polar surface area (TPSA) is 106 Å². The van der Waals surface area contributed by atoms with Crippen molar-refractivity contribution in [1.29, 1.82) is 0 Å². The van der Waals surface area contributed by atoms with Crippen LogP contribution in [-0.4, -0.2) is 62.5 Å². The third-order valence-corrected chi connectivity index (χ3v) is 7.09. The molecule has 8 nitrogen and oxygen atoms in total. The van der Waals surface area contributed by atoms with E-state index in [-0.39, 0.29) is 19.0 Å². The second-order valence-corrected chi connectivity index (χ2v) is 9.79. The van der Waals surface area contributed by atoms with Gasteiger partial charge in [0, 0.05) is 36.9 Å². The van der Waals surface area contributed by atoms with Crippen molar-refractivity contribution >= 4 is 23.1 Å². The number of nitrogen functional groups attached to an aromatic ring is 1. The number of nitrogens with two attached hydrogens (primary N) is 1. The molecule has 3 N–H and O–H groups in total. The molecule has 1 saturated carbocycles. The molecule has 2 aromatic heterocycles. The van der Waals surface area contributed by atoms with Gasteiger partial charge in [-0.05, 0) is 18.6 Å². The number of likely N-dealkylation sites (tertiary alicyclic amines) is 1. The average Bonchev–Trinajstić information content (AvgIpc) is 3.54. The minimum Gasteiger partial charge on any atom is -0.382 e. The van der Waals surface area contributed by atoms with Gasteiger partial charge in [0.25, 0.3) is 5.91 Å². The number of halogens is 8. The zero-order chi connectivity index (χ0) is 29.1. The molecule has 1 saturated heterocycles. The second kappa shape index (κ2) is 9.59. The van der Waals surface area contributed by atoms with Gasteiger partial charge in [-0.3, -0.25) is 9.59 Å². The van der Waals surface area contributed by atoms with Crippen LogP contribution in [-0.2, 0) is 11.0 Å². The molecular formula is C24H20F8N6O2. The lowest BCUT2D eigenvalue weighted by Gasteiger charge is -2.20. The van der Waals surface area contributed by atoms with E-state index >= 15 is 0 Å². The fraction of sp³-hybridized carbons (Fsp3) is 0.417. The molecule has 1 aliphatic carbocycles. The quantitative estimate of drug-likeness (QED) is 0.457. The van der Waals surface area contributed by atoms with Crippen LogP contribution in [0.4, 0.5) is 40.9 Å². The van der Waals surface area contributed by atoms with Crippen LogP contribution in [0.2, 0.25) is 0 Å². The Morgan fingerprint density at radius 3 is 2.48 bits per heavy atom. The molecule has 1 aliphatic heterocycles. The maximum atomic E-state index is 14.8. The Kier molecular flexibility index (Phi) is 6.61. The number of hydrogen-bond donors (Lipinski definition) is 2.